The molecule has 5 heteroatoms. The predicted octanol–water partition coefficient (Wildman–Crippen LogP) is 2.31. The molecule has 0 aliphatic carbocycles. The van der Waals surface area contributed by atoms with Gasteiger partial charge in [-0.3, -0.25) is 4.79 Å². The summed E-state index contributed by atoms with van der Waals surface area (Å²) < 4.78 is 5.10. The van der Waals surface area contributed by atoms with Crippen LogP contribution in [0.15, 0.2) is 4.52 Å². The van der Waals surface area contributed by atoms with Crippen LogP contribution in [0.25, 0.3) is 0 Å². The fraction of sp³-hybridized carbons (Fsp3) is 0.750. The second-order valence-electron chi connectivity index (χ2n) is 4.94. The van der Waals surface area contributed by atoms with Crippen molar-refractivity contribution in [3.05, 3.63) is 11.7 Å². The Balaban J connectivity index is 2.42. The van der Waals surface area contributed by atoms with E-state index in [-0.39, 0.29) is 12.3 Å². The van der Waals surface area contributed by atoms with Gasteiger partial charge in [0, 0.05) is 19.3 Å². The molecule has 96 valence electrons. The van der Waals surface area contributed by atoms with Gasteiger partial charge in [-0.15, -0.1) is 0 Å². The molecule has 0 amide bonds. The van der Waals surface area contributed by atoms with Crippen molar-refractivity contribution in [3.8, 4) is 0 Å². The SMILES string of the molecule is CC(C)CCc1noc(CC(C)CC(=O)O)n1. The van der Waals surface area contributed by atoms with Gasteiger partial charge in [-0.25, -0.2) is 0 Å². The lowest BCUT2D eigenvalue weighted by Gasteiger charge is -2.03. The summed E-state index contributed by atoms with van der Waals surface area (Å²) in [5, 5.41) is 12.5. The molecule has 1 N–H and O–H groups in total. The number of aromatic nitrogens is 2. The lowest BCUT2D eigenvalue weighted by Crippen LogP contribution is -2.07. The predicted molar refractivity (Wildman–Crippen MR) is 62.6 cm³/mol. The maximum atomic E-state index is 10.5. The number of aliphatic carboxylic acids is 1. The van der Waals surface area contributed by atoms with Gasteiger partial charge in [-0.05, 0) is 18.3 Å². The van der Waals surface area contributed by atoms with Crippen LogP contribution in [-0.2, 0) is 17.6 Å². The molecule has 0 spiro atoms. The normalized spacial score (nSPS) is 12.9. The van der Waals surface area contributed by atoms with Gasteiger partial charge in [-0.2, -0.15) is 4.98 Å². The Morgan fingerprint density at radius 2 is 2.12 bits per heavy atom. The molecular weight excluding hydrogens is 220 g/mol. The number of carbonyl (C=O) groups is 1. The minimum atomic E-state index is -0.794. The van der Waals surface area contributed by atoms with Crippen molar-refractivity contribution < 1.29 is 14.4 Å². The third-order valence-electron chi connectivity index (χ3n) is 2.50. The summed E-state index contributed by atoms with van der Waals surface area (Å²) in [6.45, 7) is 6.16. The molecule has 0 bridgehead atoms. The fourth-order valence-electron chi connectivity index (χ4n) is 1.56. The summed E-state index contributed by atoms with van der Waals surface area (Å²) in [6, 6.07) is 0. The highest BCUT2D eigenvalue weighted by Crippen LogP contribution is 2.12. The summed E-state index contributed by atoms with van der Waals surface area (Å²) in [6.07, 6.45) is 2.50. The molecule has 0 radical (unpaired) electrons. The van der Waals surface area contributed by atoms with Gasteiger partial charge in [0.25, 0.3) is 0 Å². The van der Waals surface area contributed by atoms with Gasteiger partial charge in [-0.1, -0.05) is 25.9 Å². The third kappa shape index (κ3) is 5.47. The van der Waals surface area contributed by atoms with Crippen LogP contribution in [0.2, 0.25) is 0 Å². The van der Waals surface area contributed by atoms with E-state index in [2.05, 4.69) is 24.0 Å². The maximum absolute atomic E-state index is 10.5. The zero-order valence-corrected chi connectivity index (χ0v) is 10.6. The molecule has 5 nitrogen and oxygen atoms in total. The Hall–Kier alpha value is -1.39. The van der Waals surface area contributed by atoms with Gasteiger partial charge in [0.1, 0.15) is 0 Å². The van der Waals surface area contributed by atoms with E-state index in [0.29, 0.717) is 18.2 Å². The third-order valence-corrected chi connectivity index (χ3v) is 2.50. The number of nitrogens with zero attached hydrogens (tertiary/aromatic N) is 2. The van der Waals surface area contributed by atoms with Crippen molar-refractivity contribution in [3.63, 3.8) is 0 Å². The minimum absolute atomic E-state index is 0.0194. The van der Waals surface area contributed by atoms with Crippen LogP contribution in [0.1, 0.15) is 45.3 Å². The van der Waals surface area contributed by atoms with Crippen LogP contribution >= 0.6 is 0 Å². The Bertz CT molecular complexity index is 360. The van der Waals surface area contributed by atoms with Crippen LogP contribution in [0.5, 0.6) is 0 Å². The monoisotopic (exact) mass is 240 g/mol. The smallest absolute Gasteiger partial charge is 0.303 e. The summed E-state index contributed by atoms with van der Waals surface area (Å²) >= 11 is 0. The van der Waals surface area contributed by atoms with Crippen LogP contribution in [0, 0.1) is 11.8 Å². The van der Waals surface area contributed by atoms with Gasteiger partial charge in [0.05, 0.1) is 0 Å². The van der Waals surface area contributed by atoms with Crippen LogP contribution in [-0.4, -0.2) is 21.2 Å². The molecule has 1 unspecified atom stereocenters. The van der Waals surface area contributed by atoms with Crippen LogP contribution in [0.3, 0.4) is 0 Å². The van der Waals surface area contributed by atoms with E-state index in [9.17, 15) is 4.79 Å². The Kier molecular flexibility index (Phi) is 5.12. The topological polar surface area (TPSA) is 76.2 Å². The molecular formula is C12H20N2O3. The van der Waals surface area contributed by atoms with Gasteiger partial charge in [0.15, 0.2) is 5.82 Å². The summed E-state index contributed by atoms with van der Waals surface area (Å²) in [5.74, 6) is 1.10. The fourth-order valence-corrected chi connectivity index (χ4v) is 1.56. The van der Waals surface area contributed by atoms with Crippen molar-refractivity contribution in [1.82, 2.24) is 10.1 Å². The minimum Gasteiger partial charge on any atom is -0.481 e. The molecule has 0 aliphatic rings. The van der Waals surface area contributed by atoms with E-state index in [4.69, 9.17) is 9.63 Å². The first-order valence-corrected chi connectivity index (χ1v) is 6.00. The average Bonchev–Trinajstić information content (AvgIpc) is 2.61. The van der Waals surface area contributed by atoms with Crippen molar-refractivity contribution in [2.24, 2.45) is 11.8 Å². The molecule has 0 saturated carbocycles. The second kappa shape index (κ2) is 6.37. The van der Waals surface area contributed by atoms with E-state index in [0.717, 1.165) is 18.7 Å². The highest BCUT2D eigenvalue weighted by Gasteiger charge is 2.13. The first kappa shape index (κ1) is 13.7. The summed E-state index contributed by atoms with van der Waals surface area (Å²) in [4.78, 5) is 14.8. The molecule has 1 aromatic rings. The Morgan fingerprint density at radius 1 is 1.41 bits per heavy atom. The average molecular weight is 240 g/mol. The molecule has 1 heterocycles. The van der Waals surface area contributed by atoms with Gasteiger partial charge >= 0.3 is 5.97 Å². The lowest BCUT2D eigenvalue weighted by molar-refractivity contribution is -0.137. The molecule has 1 atom stereocenters. The highest BCUT2D eigenvalue weighted by atomic mass is 16.5. The first-order chi connectivity index (χ1) is 7.97. The number of carboxylic acids is 1. The van der Waals surface area contributed by atoms with Crippen LogP contribution in [0.4, 0.5) is 0 Å². The maximum Gasteiger partial charge on any atom is 0.303 e. The Labute approximate surface area is 101 Å². The highest BCUT2D eigenvalue weighted by molar-refractivity contribution is 5.66. The van der Waals surface area contributed by atoms with Crippen molar-refractivity contribution in [2.75, 3.05) is 0 Å². The van der Waals surface area contributed by atoms with Crippen molar-refractivity contribution in [2.45, 2.75) is 46.5 Å². The number of hydrogen-bond acceptors (Lipinski definition) is 4. The van der Waals surface area contributed by atoms with Crippen molar-refractivity contribution in [1.29, 1.82) is 0 Å². The molecule has 1 aromatic heterocycles. The molecule has 0 saturated heterocycles. The summed E-state index contributed by atoms with van der Waals surface area (Å²) in [7, 11) is 0. The van der Waals surface area contributed by atoms with Crippen LogP contribution < -0.4 is 0 Å². The standard InChI is InChI=1S/C12H20N2O3/c1-8(2)4-5-10-13-11(17-14-10)6-9(3)7-12(15)16/h8-9H,4-7H2,1-3H3,(H,15,16). The van der Waals surface area contributed by atoms with Crippen molar-refractivity contribution >= 4 is 5.97 Å². The zero-order chi connectivity index (χ0) is 12.8. The zero-order valence-electron chi connectivity index (χ0n) is 10.6. The quantitative estimate of drug-likeness (QED) is 0.791. The van der Waals surface area contributed by atoms with E-state index in [1.165, 1.54) is 0 Å². The molecule has 17 heavy (non-hydrogen) atoms. The number of aryl methyl sites for hydroxylation is 1. The van der Waals surface area contributed by atoms with E-state index >= 15 is 0 Å². The van der Waals surface area contributed by atoms with Gasteiger partial charge in [0.2, 0.25) is 5.89 Å². The van der Waals surface area contributed by atoms with E-state index in [1.807, 2.05) is 6.92 Å². The van der Waals surface area contributed by atoms with E-state index < -0.39 is 5.97 Å². The van der Waals surface area contributed by atoms with E-state index in [1.54, 1.807) is 0 Å². The summed E-state index contributed by atoms with van der Waals surface area (Å²) in [5.41, 5.74) is 0. The number of rotatable bonds is 7. The molecule has 0 fully saturated rings. The second-order valence-corrected chi connectivity index (χ2v) is 4.94. The largest absolute Gasteiger partial charge is 0.481 e. The Morgan fingerprint density at radius 3 is 2.71 bits per heavy atom. The number of carboxylic acid groups (broad SMARTS) is 1. The van der Waals surface area contributed by atoms with Gasteiger partial charge < -0.3 is 9.63 Å². The number of hydrogen-bond donors (Lipinski definition) is 1. The lowest BCUT2D eigenvalue weighted by atomic mass is 10.0. The molecule has 0 aromatic carbocycles. The molecule has 1 rings (SSSR count). The first-order valence-electron chi connectivity index (χ1n) is 6.00. The molecule has 0 aliphatic heterocycles.